The standard InChI is InChI=1S/C56H108O6/c1-5-7-9-11-13-15-17-18-19-20-21-22-23-28-31-35-39-43-47-54(57)60-50-53(62-56(59)49-45-41-37-33-26-16-14-12-10-8-6-2)51-61-55(58)48-44-40-36-32-29-25-24-27-30-34-38-42-46-52(3)4/h52-53H,5-51H2,1-4H3/t53-/m0/s1. The van der Waals surface area contributed by atoms with Gasteiger partial charge < -0.3 is 14.2 Å². The highest BCUT2D eigenvalue weighted by atomic mass is 16.6. The lowest BCUT2D eigenvalue weighted by atomic mass is 10.0. The normalized spacial score (nSPS) is 12.0. The second kappa shape index (κ2) is 50.4. The Kier molecular flexibility index (Phi) is 49.1. The Morgan fingerprint density at radius 1 is 0.306 bits per heavy atom. The van der Waals surface area contributed by atoms with Crippen LogP contribution in [0.2, 0.25) is 0 Å². The summed E-state index contributed by atoms with van der Waals surface area (Å²) in [6, 6.07) is 0. The van der Waals surface area contributed by atoms with Gasteiger partial charge in [0.05, 0.1) is 0 Å². The molecule has 0 heterocycles. The zero-order valence-corrected chi connectivity index (χ0v) is 42.3. The lowest BCUT2D eigenvalue weighted by Crippen LogP contribution is -2.30. The van der Waals surface area contributed by atoms with Crippen molar-refractivity contribution in [1.82, 2.24) is 0 Å². The molecule has 0 radical (unpaired) electrons. The van der Waals surface area contributed by atoms with Crippen molar-refractivity contribution in [2.45, 2.75) is 323 Å². The van der Waals surface area contributed by atoms with Gasteiger partial charge in [-0.2, -0.15) is 0 Å². The number of rotatable bonds is 51. The van der Waals surface area contributed by atoms with Gasteiger partial charge in [0.2, 0.25) is 0 Å². The van der Waals surface area contributed by atoms with Crippen LogP contribution in [0.4, 0.5) is 0 Å². The maximum absolute atomic E-state index is 12.8. The summed E-state index contributed by atoms with van der Waals surface area (Å²) in [5.74, 6) is -0.00589. The predicted molar refractivity (Wildman–Crippen MR) is 266 cm³/mol. The molecular weight excluding hydrogens is 769 g/mol. The molecule has 0 aromatic carbocycles. The summed E-state index contributed by atoms with van der Waals surface area (Å²) in [6.45, 7) is 9.04. The van der Waals surface area contributed by atoms with Crippen molar-refractivity contribution in [3.8, 4) is 0 Å². The van der Waals surface area contributed by atoms with E-state index >= 15 is 0 Å². The van der Waals surface area contributed by atoms with E-state index in [1.807, 2.05) is 0 Å². The summed E-state index contributed by atoms with van der Waals surface area (Å²) in [5.41, 5.74) is 0. The quantitative estimate of drug-likeness (QED) is 0.0344. The first-order chi connectivity index (χ1) is 30.4. The fraction of sp³-hybridized carbons (Fsp3) is 0.946. The maximum Gasteiger partial charge on any atom is 0.306 e. The first kappa shape index (κ1) is 60.4. The van der Waals surface area contributed by atoms with Crippen LogP contribution in [0.3, 0.4) is 0 Å². The Labute approximate surface area is 387 Å². The van der Waals surface area contributed by atoms with Gasteiger partial charge in [0.1, 0.15) is 13.2 Å². The second-order valence-corrected chi connectivity index (χ2v) is 19.7. The third kappa shape index (κ3) is 49.4. The molecule has 368 valence electrons. The van der Waals surface area contributed by atoms with Crippen molar-refractivity contribution in [2.24, 2.45) is 5.92 Å². The van der Waals surface area contributed by atoms with Crippen LogP contribution in [0, 0.1) is 5.92 Å². The van der Waals surface area contributed by atoms with Gasteiger partial charge in [0, 0.05) is 19.3 Å². The van der Waals surface area contributed by atoms with Crippen molar-refractivity contribution in [3.05, 3.63) is 0 Å². The maximum atomic E-state index is 12.8. The average Bonchev–Trinajstić information content (AvgIpc) is 3.26. The van der Waals surface area contributed by atoms with Gasteiger partial charge in [-0.25, -0.2) is 0 Å². The molecule has 0 aliphatic heterocycles. The van der Waals surface area contributed by atoms with E-state index in [1.165, 1.54) is 212 Å². The predicted octanol–water partition coefficient (Wildman–Crippen LogP) is 18.2. The van der Waals surface area contributed by atoms with Crippen molar-refractivity contribution in [2.75, 3.05) is 13.2 Å². The molecule has 0 N–H and O–H groups in total. The number of hydrogen-bond acceptors (Lipinski definition) is 6. The van der Waals surface area contributed by atoms with Crippen LogP contribution >= 0.6 is 0 Å². The fourth-order valence-electron chi connectivity index (χ4n) is 8.57. The molecule has 0 aromatic heterocycles. The largest absolute Gasteiger partial charge is 0.462 e. The summed E-state index contributed by atoms with van der Waals surface area (Å²) in [5, 5.41) is 0. The number of carbonyl (C=O) groups excluding carboxylic acids is 3. The van der Waals surface area contributed by atoms with E-state index in [4.69, 9.17) is 14.2 Å². The molecule has 0 fully saturated rings. The molecule has 6 heteroatoms. The van der Waals surface area contributed by atoms with Gasteiger partial charge in [-0.05, 0) is 25.2 Å². The van der Waals surface area contributed by atoms with Crippen LogP contribution in [0.15, 0.2) is 0 Å². The topological polar surface area (TPSA) is 78.9 Å². The highest BCUT2D eigenvalue weighted by Gasteiger charge is 2.19. The molecule has 0 aliphatic carbocycles. The summed E-state index contributed by atoms with van der Waals surface area (Å²) in [6.07, 6.45) is 53.8. The lowest BCUT2D eigenvalue weighted by Gasteiger charge is -2.18. The Balaban J connectivity index is 4.25. The van der Waals surface area contributed by atoms with E-state index in [0.29, 0.717) is 19.3 Å². The lowest BCUT2D eigenvalue weighted by molar-refractivity contribution is -0.167. The Morgan fingerprint density at radius 2 is 0.532 bits per heavy atom. The Hall–Kier alpha value is -1.59. The molecule has 0 aromatic rings. The molecule has 0 unspecified atom stereocenters. The molecule has 0 amide bonds. The highest BCUT2D eigenvalue weighted by Crippen LogP contribution is 2.18. The number of hydrogen-bond donors (Lipinski definition) is 0. The smallest absolute Gasteiger partial charge is 0.306 e. The third-order valence-corrected chi connectivity index (χ3v) is 12.8. The molecule has 0 saturated carbocycles. The second-order valence-electron chi connectivity index (χ2n) is 19.7. The van der Waals surface area contributed by atoms with Crippen LogP contribution in [0.1, 0.15) is 317 Å². The van der Waals surface area contributed by atoms with E-state index in [1.54, 1.807) is 0 Å². The average molecular weight is 877 g/mol. The van der Waals surface area contributed by atoms with Crippen LogP contribution in [0.25, 0.3) is 0 Å². The summed E-state index contributed by atoms with van der Waals surface area (Å²) >= 11 is 0. The number of unbranched alkanes of at least 4 members (excludes halogenated alkanes) is 38. The van der Waals surface area contributed by atoms with Crippen LogP contribution in [-0.4, -0.2) is 37.2 Å². The van der Waals surface area contributed by atoms with E-state index in [2.05, 4.69) is 27.7 Å². The Morgan fingerprint density at radius 3 is 0.790 bits per heavy atom. The zero-order valence-electron chi connectivity index (χ0n) is 42.3. The molecule has 0 bridgehead atoms. The molecule has 0 rings (SSSR count). The molecular formula is C56H108O6. The van der Waals surface area contributed by atoms with Crippen molar-refractivity contribution < 1.29 is 28.6 Å². The van der Waals surface area contributed by atoms with E-state index in [9.17, 15) is 14.4 Å². The minimum Gasteiger partial charge on any atom is -0.462 e. The van der Waals surface area contributed by atoms with Crippen LogP contribution in [0.5, 0.6) is 0 Å². The molecule has 0 spiro atoms. The molecule has 62 heavy (non-hydrogen) atoms. The van der Waals surface area contributed by atoms with Gasteiger partial charge >= 0.3 is 17.9 Å². The third-order valence-electron chi connectivity index (χ3n) is 12.8. The fourth-order valence-corrected chi connectivity index (χ4v) is 8.57. The Bertz CT molecular complexity index is 933. The summed E-state index contributed by atoms with van der Waals surface area (Å²) in [7, 11) is 0. The summed E-state index contributed by atoms with van der Waals surface area (Å²) in [4.78, 5) is 38.0. The van der Waals surface area contributed by atoms with Crippen molar-refractivity contribution in [1.29, 1.82) is 0 Å². The monoisotopic (exact) mass is 877 g/mol. The molecule has 0 aliphatic rings. The molecule has 0 saturated heterocycles. The van der Waals surface area contributed by atoms with Crippen LogP contribution < -0.4 is 0 Å². The van der Waals surface area contributed by atoms with Gasteiger partial charge in [-0.15, -0.1) is 0 Å². The van der Waals surface area contributed by atoms with Crippen molar-refractivity contribution >= 4 is 17.9 Å². The number of esters is 3. The van der Waals surface area contributed by atoms with E-state index in [0.717, 1.165) is 63.7 Å². The van der Waals surface area contributed by atoms with E-state index in [-0.39, 0.29) is 31.1 Å². The molecule has 6 nitrogen and oxygen atoms in total. The highest BCUT2D eigenvalue weighted by molar-refractivity contribution is 5.71. The zero-order chi connectivity index (χ0) is 45.2. The van der Waals surface area contributed by atoms with Crippen molar-refractivity contribution in [3.63, 3.8) is 0 Å². The van der Waals surface area contributed by atoms with Gasteiger partial charge in [0.25, 0.3) is 0 Å². The minimum atomic E-state index is -0.761. The van der Waals surface area contributed by atoms with Gasteiger partial charge in [-0.1, -0.05) is 278 Å². The number of carbonyl (C=O) groups is 3. The summed E-state index contributed by atoms with van der Waals surface area (Å²) < 4.78 is 16.8. The minimum absolute atomic E-state index is 0.0622. The number of ether oxygens (including phenoxy) is 3. The van der Waals surface area contributed by atoms with Gasteiger partial charge in [-0.3, -0.25) is 14.4 Å². The first-order valence-electron chi connectivity index (χ1n) is 27.9. The van der Waals surface area contributed by atoms with Crippen LogP contribution in [-0.2, 0) is 28.6 Å². The van der Waals surface area contributed by atoms with E-state index < -0.39 is 6.10 Å². The first-order valence-corrected chi connectivity index (χ1v) is 27.9. The van der Waals surface area contributed by atoms with Gasteiger partial charge in [0.15, 0.2) is 6.10 Å². The SMILES string of the molecule is CCCCCCCCCCCCCCCCCCCCC(=O)OC[C@@H](COC(=O)CCCCCCCCCCCCCCC(C)C)OC(=O)CCCCCCCCCCCCC. The molecule has 1 atom stereocenters.